The number of hydrogen-bond acceptors (Lipinski definition) is 3. The fourth-order valence-electron chi connectivity index (χ4n) is 1.26. The largest absolute Gasteiger partial charge is 0.346 e. The van der Waals surface area contributed by atoms with Crippen molar-refractivity contribution in [3.63, 3.8) is 0 Å². The first-order valence-corrected chi connectivity index (χ1v) is 4.95. The lowest BCUT2D eigenvalue weighted by Crippen LogP contribution is -2.04. The summed E-state index contributed by atoms with van der Waals surface area (Å²) in [6, 6.07) is 2.05. The molecule has 0 atom stereocenters. The van der Waals surface area contributed by atoms with Crippen molar-refractivity contribution in [3.8, 4) is 6.07 Å². The van der Waals surface area contributed by atoms with Gasteiger partial charge in [0.15, 0.2) is 0 Å². The van der Waals surface area contributed by atoms with E-state index in [2.05, 4.69) is 23.8 Å². The van der Waals surface area contributed by atoms with E-state index in [0.717, 1.165) is 17.9 Å². The minimum atomic E-state index is 0.402. The molecule has 0 aliphatic rings. The van der Waals surface area contributed by atoms with Gasteiger partial charge in [-0.3, -0.25) is 0 Å². The van der Waals surface area contributed by atoms with Gasteiger partial charge in [0, 0.05) is 12.1 Å². The zero-order valence-corrected chi connectivity index (χ0v) is 9.40. The van der Waals surface area contributed by atoms with Crippen molar-refractivity contribution in [2.24, 2.45) is 5.92 Å². The molecule has 1 N–H and O–H groups in total. The van der Waals surface area contributed by atoms with E-state index in [4.69, 9.17) is 17.5 Å². The summed E-state index contributed by atoms with van der Waals surface area (Å²) in [4.78, 5) is 7.28. The highest BCUT2D eigenvalue weighted by molar-refractivity contribution is 7.71. The van der Waals surface area contributed by atoms with Gasteiger partial charge in [-0.25, -0.2) is 4.98 Å². The number of nitrogens with zero attached hydrogens (tertiary/aromatic N) is 2. The molecule has 0 amide bonds. The van der Waals surface area contributed by atoms with Crippen molar-refractivity contribution in [3.05, 3.63) is 21.7 Å². The summed E-state index contributed by atoms with van der Waals surface area (Å²) in [7, 11) is 0. The first-order valence-electron chi connectivity index (χ1n) is 4.54. The molecule has 1 aromatic rings. The molecule has 0 aromatic carbocycles. The summed E-state index contributed by atoms with van der Waals surface area (Å²) < 4.78 is 0.402. The van der Waals surface area contributed by atoms with Crippen LogP contribution in [-0.4, -0.2) is 9.97 Å². The molecule has 0 saturated heterocycles. The molecule has 0 saturated carbocycles. The van der Waals surface area contributed by atoms with Crippen molar-refractivity contribution in [1.82, 2.24) is 9.97 Å². The SMILES string of the molecule is Cc1[nH]c(CC(C)C)nc(=S)c1C#N. The van der Waals surface area contributed by atoms with Crippen molar-refractivity contribution < 1.29 is 0 Å². The highest BCUT2D eigenvalue weighted by atomic mass is 32.1. The van der Waals surface area contributed by atoms with E-state index in [9.17, 15) is 0 Å². The highest BCUT2D eigenvalue weighted by Gasteiger charge is 2.05. The van der Waals surface area contributed by atoms with Crippen LogP contribution in [0, 0.1) is 28.8 Å². The Kier molecular flexibility index (Phi) is 3.37. The van der Waals surface area contributed by atoms with Gasteiger partial charge in [-0.2, -0.15) is 5.26 Å². The number of aromatic nitrogens is 2. The van der Waals surface area contributed by atoms with Gasteiger partial charge in [0.25, 0.3) is 0 Å². The molecule has 0 spiro atoms. The third kappa shape index (κ3) is 2.39. The second-order valence-electron chi connectivity index (χ2n) is 3.70. The normalized spacial score (nSPS) is 10.2. The van der Waals surface area contributed by atoms with E-state index in [1.54, 1.807) is 0 Å². The second-order valence-corrected chi connectivity index (χ2v) is 4.09. The van der Waals surface area contributed by atoms with Gasteiger partial charge in [0.1, 0.15) is 22.1 Å². The van der Waals surface area contributed by atoms with Crippen molar-refractivity contribution in [1.29, 1.82) is 5.26 Å². The fraction of sp³-hybridized carbons (Fsp3) is 0.500. The maximum absolute atomic E-state index is 8.80. The van der Waals surface area contributed by atoms with Crippen LogP contribution in [0.15, 0.2) is 0 Å². The Balaban J connectivity index is 3.16. The van der Waals surface area contributed by atoms with Crippen molar-refractivity contribution >= 4 is 12.2 Å². The van der Waals surface area contributed by atoms with E-state index < -0.39 is 0 Å². The van der Waals surface area contributed by atoms with Crippen LogP contribution in [0.25, 0.3) is 0 Å². The third-order valence-electron chi connectivity index (χ3n) is 1.87. The summed E-state index contributed by atoms with van der Waals surface area (Å²) >= 11 is 5.03. The summed E-state index contributed by atoms with van der Waals surface area (Å²) in [6.45, 7) is 6.08. The average Bonchev–Trinajstić information content (AvgIpc) is 2.01. The fourth-order valence-corrected chi connectivity index (χ4v) is 1.57. The molecule has 0 aliphatic heterocycles. The molecule has 1 heterocycles. The number of rotatable bonds is 2. The van der Waals surface area contributed by atoms with Gasteiger partial charge in [-0.15, -0.1) is 0 Å². The molecular weight excluding hydrogens is 194 g/mol. The summed E-state index contributed by atoms with van der Waals surface area (Å²) in [5.41, 5.74) is 1.29. The number of nitrogens with one attached hydrogen (secondary N) is 1. The first kappa shape index (κ1) is 10.9. The van der Waals surface area contributed by atoms with Crippen molar-refractivity contribution in [2.75, 3.05) is 0 Å². The molecule has 0 aliphatic carbocycles. The zero-order chi connectivity index (χ0) is 10.7. The van der Waals surface area contributed by atoms with Crippen LogP contribution in [0.3, 0.4) is 0 Å². The Morgan fingerprint density at radius 2 is 2.21 bits per heavy atom. The molecule has 0 unspecified atom stereocenters. The van der Waals surface area contributed by atoms with Crippen LogP contribution in [-0.2, 0) is 6.42 Å². The number of nitriles is 1. The summed E-state index contributed by atoms with van der Waals surface area (Å²) in [5, 5.41) is 8.80. The number of H-pyrrole nitrogens is 1. The molecular formula is C10H13N3S. The molecule has 1 rings (SSSR count). The van der Waals surface area contributed by atoms with E-state index in [0.29, 0.717) is 16.1 Å². The molecule has 14 heavy (non-hydrogen) atoms. The van der Waals surface area contributed by atoms with Crippen LogP contribution >= 0.6 is 12.2 Å². The monoisotopic (exact) mass is 207 g/mol. The van der Waals surface area contributed by atoms with Crippen LogP contribution in [0.2, 0.25) is 0 Å². The standard InChI is InChI=1S/C10H13N3S/c1-6(2)4-9-12-7(3)8(5-11)10(14)13-9/h6H,4H2,1-3H3,(H,12,13,14). The minimum absolute atomic E-state index is 0.402. The maximum Gasteiger partial charge on any atom is 0.147 e. The van der Waals surface area contributed by atoms with Crippen LogP contribution < -0.4 is 0 Å². The smallest absolute Gasteiger partial charge is 0.147 e. The second kappa shape index (κ2) is 4.34. The molecule has 0 fully saturated rings. The van der Waals surface area contributed by atoms with Crippen LogP contribution in [0.5, 0.6) is 0 Å². The molecule has 3 nitrogen and oxygen atoms in total. The van der Waals surface area contributed by atoms with Gasteiger partial charge >= 0.3 is 0 Å². The summed E-state index contributed by atoms with van der Waals surface area (Å²) in [5.74, 6) is 1.39. The van der Waals surface area contributed by atoms with Gasteiger partial charge in [0.2, 0.25) is 0 Å². The van der Waals surface area contributed by atoms with Crippen LogP contribution in [0.4, 0.5) is 0 Å². The molecule has 74 valence electrons. The number of aromatic amines is 1. The lowest BCUT2D eigenvalue weighted by molar-refractivity contribution is 0.618. The van der Waals surface area contributed by atoms with E-state index >= 15 is 0 Å². The first-order chi connectivity index (χ1) is 6.54. The minimum Gasteiger partial charge on any atom is -0.346 e. The topological polar surface area (TPSA) is 52.5 Å². The zero-order valence-electron chi connectivity index (χ0n) is 8.59. The lowest BCUT2D eigenvalue weighted by atomic mass is 10.1. The van der Waals surface area contributed by atoms with Gasteiger partial charge in [-0.1, -0.05) is 26.1 Å². The molecule has 1 aromatic heterocycles. The molecule has 4 heteroatoms. The Labute approximate surface area is 88.8 Å². The maximum atomic E-state index is 8.80. The summed E-state index contributed by atoms with van der Waals surface area (Å²) in [6.07, 6.45) is 0.857. The number of hydrogen-bond donors (Lipinski definition) is 1. The Morgan fingerprint density at radius 1 is 1.57 bits per heavy atom. The van der Waals surface area contributed by atoms with Gasteiger partial charge in [0.05, 0.1) is 0 Å². The molecule has 0 bridgehead atoms. The molecule has 0 radical (unpaired) electrons. The van der Waals surface area contributed by atoms with E-state index in [1.165, 1.54) is 0 Å². The third-order valence-corrected chi connectivity index (χ3v) is 2.17. The predicted molar refractivity (Wildman–Crippen MR) is 57.4 cm³/mol. The van der Waals surface area contributed by atoms with Crippen molar-refractivity contribution in [2.45, 2.75) is 27.2 Å². The van der Waals surface area contributed by atoms with E-state index in [-0.39, 0.29) is 0 Å². The Morgan fingerprint density at radius 3 is 2.64 bits per heavy atom. The predicted octanol–water partition coefficient (Wildman–Crippen LogP) is 2.52. The highest BCUT2D eigenvalue weighted by Crippen LogP contribution is 2.08. The average molecular weight is 207 g/mol. The van der Waals surface area contributed by atoms with Crippen LogP contribution in [0.1, 0.15) is 30.9 Å². The Bertz CT molecular complexity index is 426. The lowest BCUT2D eigenvalue weighted by Gasteiger charge is -2.06. The Hall–Kier alpha value is -1.21. The van der Waals surface area contributed by atoms with E-state index in [1.807, 2.05) is 13.0 Å². The quantitative estimate of drug-likeness (QED) is 0.758. The van der Waals surface area contributed by atoms with Gasteiger partial charge < -0.3 is 4.98 Å². The number of aryl methyl sites for hydroxylation is 1. The van der Waals surface area contributed by atoms with Gasteiger partial charge in [-0.05, 0) is 12.8 Å².